The highest BCUT2D eigenvalue weighted by molar-refractivity contribution is 5.53. The van der Waals surface area contributed by atoms with Crippen molar-refractivity contribution in [3.05, 3.63) is 23.3 Å². The minimum Gasteiger partial charge on any atom is -0.493 e. The lowest BCUT2D eigenvalue weighted by atomic mass is 9.76. The molecule has 1 aromatic carbocycles. The monoisotopic (exact) mass is 219 g/mol. The molecule has 2 aliphatic rings. The highest BCUT2D eigenvalue weighted by Gasteiger charge is 2.44. The molecular weight excluding hydrogens is 202 g/mol. The van der Waals surface area contributed by atoms with Crippen molar-refractivity contribution in [2.75, 3.05) is 27.3 Å². The highest BCUT2D eigenvalue weighted by Crippen LogP contribution is 2.45. The summed E-state index contributed by atoms with van der Waals surface area (Å²) in [6, 6.07) is 4.31. The third-order valence-electron chi connectivity index (χ3n) is 3.98. The number of fused-ring (bicyclic) bond motifs is 2. The van der Waals surface area contributed by atoms with E-state index in [9.17, 15) is 0 Å². The molecule has 3 nitrogen and oxygen atoms in total. The molecule has 1 N–H and O–H groups in total. The zero-order valence-corrected chi connectivity index (χ0v) is 9.80. The summed E-state index contributed by atoms with van der Waals surface area (Å²) in [5, 5.41) is 3.38. The second kappa shape index (κ2) is 3.39. The van der Waals surface area contributed by atoms with Crippen molar-refractivity contribution in [2.45, 2.75) is 18.3 Å². The van der Waals surface area contributed by atoms with Crippen LogP contribution in [0.3, 0.4) is 0 Å². The summed E-state index contributed by atoms with van der Waals surface area (Å²) in [5.41, 5.74) is 3.28. The molecule has 1 fully saturated rings. The van der Waals surface area contributed by atoms with Gasteiger partial charge in [0.25, 0.3) is 0 Å². The first-order valence-corrected chi connectivity index (χ1v) is 5.75. The van der Waals surface area contributed by atoms with Crippen LogP contribution < -0.4 is 14.8 Å². The average Bonchev–Trinajstić information content (AvgIpc) is 2.65. The molecule has 0 aromatic heterocycles. The smallest absolute Gasteiger partial charge is 0.161 e. The van der Waals surface area contributed by atoms with Crippen molar-refractivity contribution in [3.63, 3.8) is 0 Å². The van der Waals surface area contributed by atoms with E-state index in [-0.39, 0.29) is 0 Å². The second-order valence-corrected chi connectivity index (χ2v) is 4.75. The van der Waals surface area contributed by atoms with E-state index in [0.717, 1.165) is 31.0 Å². The van der Waals surface area contributed by atoms with Gasteiger partial charge in [-0.2, -0.15) is 0 Å². The molecule has 1 aliphatic carbocycles. The minimum absolute atomic E-state index is 0.384. The van der Waals surface area contributed by atoms with Crippen LogP contribution in [0.4, 0.5) is 0 Å². The Kier molecular flexibility index (Phi) is 2.11. The van der Waals surface area contributed by atoms with Crippen LogP contribution in [0.15, 0.2) is 12.1 Å². The molecule has 0 atom stereocenters. The molecule has 3 rings (SSSR count). The summed E-state index contributed by atoms with van der Waals surface area (Å²) >= 11 is 0. The topological polar surface area (TPSA) is 30.5 Å². The van der Waals surface area contributed by atoms with E-state index in [1.165, 1.54) is 17.5 Å². The molecule has 0 bridgehead atoms. The molecular formula is C13H17NO2. The summed E-state index contributed by atoms with van der Waals surface area (Å²) in [4.78, 5) is 0. The third kappa shape index (κ3) is 1.18. The summed E-state index contributed by atoms with van der Waals surface area (Å²) < 4.78 is 10.7. The van der Waals surface area contributed by atoms with Crippen LogP contribution in [0.5, 0.6) is 11.5 Å². The lowest BCUT2D eigenvalue weighted by Gasteiger charge is -2.40. The number of ether oxygens (including phenoxy) is 2. The molecule has 86 valence electrons. The van der Waals surface area contributed by atoms with Crippen molar-refractivity contribution in [1.29, 1.82) is 0 Å². The molecule has 16 heavy (non-hydrogen) atoms. The Morgan fingerprint density at radius 3 is 2.38 bits per heavy atom. The quantitative estimate of drug-likeness (QED) is 0.817. The Morgan fingerprint density at radius 2 is 1.81 bits per heavy atom. The number of benzene rings is 1. The van der Waals surface area contributed by atoms with E-state index in [0.29, 0.717) is 5.41 Å². The normalized spacial score (nSPS) is 20.4. The fourth-order valence-corrected chi connectivity index (χ4v) is 2.92. The van der Waals surface area contributed by atoms with Crippen LogP contribution in [-0.4, -0.2) is 27.3 Å². The molecule has 1 aliphatic heterocycles. The molecule has 0 saturated carbocycles. The lowest BCUT2D eigenvalue weighted by molar-refractivity contribution is 0.275. The highest BCUT2D eigenvalue weighted by atomic mass is 16.5. The Labute approximate surface area is 95.8 Å². The number of hydrogen-bond donors (Lipinski definition) is 1. The molecule has 1 aromatic rings. The Bertz CT molecular complexity index is 424. The number of rotatable bonds is 2. The standard InChI is InChI=1S/C13H17NO2/c1-15-11-5-9-3-4-13(7-14-8-13)10(9)6-12(11)16-2/h5-6,14H,3-4,7-8H2,1-2H3. The Hall–Kier alpha value is -1.22. The van der Waals surface area contributed by atoms with E-state index in [2.05, 4.69) is 17.4 Å². The van der Waals surface area contributed by atoms with Crippen molar-refractivity contribution >= 4 is 0 Å². The van der Waals surface area contributed by atoms with Crippen molar-refractivity contribution in [3.8, 4) is 11.5 Å². The second-order valence-electron chi connectivity index (χ2n) is 4.75. The summed E-state index contributed by atoms with van der Waals surface area (Å²) in [5.74, 6) is 1.71. The zero-order chi connectivity index (χ0) is 11.2. The van der Waals surface area contributed by atoms with E-state index >= 15 is 0 Å². The molecule has 0 amide bonds. The first kappa shape index (κ1) is 9.97. The van der Waals surface area contributed by atoms with E-state index < -0.39 is 0 Å². The minimum atomic E-state index is 0.384. The lowest BCUT2D eigenvalue weighted by Crippen LogP contribution is -2.55. The van der Waals surface area contributed by atoms with Gasteiger partial charge in [-0.15, -0.1) is 0 Å². The maximum atomic E-state index is 5.38. The van der Waals surface area contributed by atoms with Gasteiger partial charge in [-0.1, -0.05) is 0 Å². The van der Waals surface area contributed by atoms with Crippen molar-refractivity contribution in [1.82, 2.24) is 5.32 Å². The van der Waals surface area contributed by atoms with Crippen LogP contribution in [-0.2, 0) is 11.8 Å². The maximum Gasteiger partial charge on any atom is 0.161 e. The van der Waals surface area contributed by atoms with Crippen LogP contribution >= 0.6 is 0 Å². The summed E-state index contributed by atoms with van der Waals surface area (Å²) in [7, 11) is 3.39. The summed E-state index contributed by atoms with van der Waals surface area (Å²) in [6.07, 6.45) is 2.42. The number of aryl methyl sites for hydroxylation is 1. The van der Waals surface area contributed by atoms with Crippen LogP contribution in [0.1, 0.15) is 17.5 Å². The van der Waals surface area contributed by atoms with E-state index in [4.69, 9.17) is 9.47 Å². The SMILES string of the molecule is COc1cc2c(cc1OC)C1(CC2)CNC1. The molecule has 1 heterocycles. The maximum absolute atomic E-state index is 5.38. The Balaban J connectivity index is 2.09. The van der Waals surface area contributed by atoms with Crippen LogP contribution in [0.2, 0.25) is 0 Å². The van der Waals surface area contributed by atoms with Gasteiger partial charge in [-0.3, -0.25) is 0 Å². The van der Waals surface area contributed by atoms with Gasteiger partial charge in [-0.05, 0) is 36.1 Å². The average molecular weight is 219 g/mol. The van der Waals surface area contributed by atoms with Gasteiger partial charge in [0.1, 0.15) is 0 Å². The third-order valence-corrected chi connectivity index (χ3v) is 3.98. The number of hydrogen-bond acceptors (Lipinski definition) is 3. The van der Waals surface area contributed by atoms with Gasteiger partial charge in [0.15, 0.2) is 11.5 Å². The molecule has 0 radical (unpaired) electrons. The van der Waals surface area contributed by atoms with Crippen LogP contribution in [0.25, 0.3) is 0 Å². The predicted octanol–water partition coefficient (Wildman–Crippen LogP) is 1.49. The molecule has 1 saturated heterocycles. The van der Waals surface area contributed by atoms with Gasteiger partial charge in [0, 0.05) is 18.5 Å². The number of methoxy groups -OCH3 is 2. The molecule has 0 unspecified atom stereocenters. The predicted molar refractivity (Wildman–Crippen MR) is 62.4 cm³/mol. The zero-order valence-electron chi connectivity index (χ0n) is 9.80. The Morgan fingerprint density at radius 1 is 1.12 bits per heavy atom. The number of nitrogens with one attached hydrogen (secondary N) is 1. The van der Waals surface area contributed by atoms with Gasteiger partial charge < -0.3 is 14.8 Å². The van der Waals surface area contributed by atoms with Gasteiger partial charge >= 0.3 is 0 Å². The first-order valence-electron chi connectivity index (χ1n) is 5.75. The molecule has 3 heteroatoms. The van der Waals surface area contributed by atoms with Gasteiger partial charge in [0.2, 0.25) is 0 Å². The first-order chi connectivity index (χ1) is 7.79. The van der Waals surface area contributed by atoms with E-state index in [1.807, 2.05) is 0 Å². The van der Waals surface area contributed by atoms with E-state index in [1.54, 1.807) is 14.2 Å². The van der Waals surface area contributed by atoms with Gasteiger partial charge in [0.05, 0.1) is 14.2 Å². The largest absolute Gasteiger partial charge is 0.493 e. The van der Waals surface area contributed by atoms with Crippen LogP contribution in [0, 0.1) is 0 Å². The van der Waals surface area contributed by atoms with Crippen molar-refractivity contribution < 1.29 is 9.47 Å². The molecule has 1 spiro atoms. The van der Waals surface area contributed by atoms with Gasteiger partial charge in [-0.25, -0.2) is 0 Å². The fourth-order valence-electron chi connectivity index (χ4n) is 2.92. The fraction of sp³-hybridized carbons (Fsp3) is 0.538. The van der Waals surface area contributed by atoms with Crippen molar-refractivity contribution in [2.24, 2.45) is 0 Å². The summed E-state index contributed by atoms with van der Waals surface area (Å²) in [6.45, 7) is 2.21.